The zero-order valence-electron chi connectivity index (χ0n) is 14.9. The highest BCUT2D eigenvalue weighted by molar-refractivity contribution is 14.0. The molecule has 2 aromatic rings. The number of aromatic hydroxyl groups is 1. The van der Waals surface area contributed by atoms with E-state index in [0.29, 0.717) is 30.7 Å². The van der Waals surface area contributed by atoms with Crippen molar-refractivity contribution < 1.29 is 14.3 Å². The molecule has 7 nitrogen and oxygen atoms in total. The largest absolute Gasteiger partial charge is 0.504 e. The maximum absolute atomic E-state index is 9.81. The van der Waals surface area contributed by atoms with Crippen molar-refractivity contribution in [1.29, 1.82) is 0 Å². The second-order valence-electron chi connectivity index (χ2n) is 5.30. The van der Waals surface area contributed by atoms with Gasteiger partial charge in [0.1, 0.15) is 5.76 Å². The summed E-state index contributed by atoms with van der Waals surface area (Å²) in [4.78, 5) is 8.83. The predicted molar refractivity (Wildman–Crippen MR) is 108 cm³/mol. The first-order valence-corrected chi connectivity index (χ1v) is 7.84. The fraction of sp³-hybridized carbons (Fsp3) is 0.412. The highest BCUT2D eigenvalue weighted by atomic mass is 127. The Labute approximate surface area is 164 Å². The van der Waals surface area contributed by atoms with Crippen LogP contribution >= 0.6 is 24.0 Å². The molecule has 0 saturated heterocycles. The molecule has 0 aliphatic heterocycles. The van der Waals surface area contributed by atoms with Crippen molar-refractivity contribution in [3.63, 3.8) is 0 Å². The molecule has 1 heterocycles. The number of nitrogens with zero attached hydrogens (tertiary/aromatic N) is 2. The Morgan fingerprint density at radius 2 is 2.08 bits per heavy atom. The fourth-order valence-corrected chi connectivity index (χ4v) is 2.12. The lowest BCUT2D eigenvalue weighted by Crippen LogP contribution is -2.36. The van der Waals surface area contributed by atoms with Crippen molar-refractivity contribution in [2.24, 2.45) is 4.99 Å². The van der Waals surface area contributed by atoms with E-state index in [9.17, 15) is 5.11 Å². The number of aryl methyl sites for hydroxylation is 2. The van der Waals surface area contributed by atoms with Crippen molar-refractivity contribution in [3.05, 3.63) is 41.1 Å². The summed E-state index contributed by atoms with van der Waals surface area (Å²) in [6.07, 6.45) is 0. The minimum Gasteiger partial charge on any atom is -0.504 e. The van der Waals surface area contributed by atoms with Gasteiger partial charge in [0, 0.05) is 6.54 Å². The average molecular weight is 460 g/mol. The van der Waals surface area contributed by atoms with E-state index in [1.165, 1.54) is 7.11 Å². The molecule has 0 saturated carbocycles. The van der Waals surface area contributed by atoms with E-state index in [1.54, 1.807) is 12.1 Å². The minimum atomic E-state index is 0. The van der Waals surface area contributed by atoms with Crippen LogP contribution in [-0.4, -0.2) is 29.7 Å². The monoisotopic (exact) mass is 460 g/mol. The summed E-state index contributed by atoms with van der Waals surface area (Å²) in [5.74, 6) is 2.65. The van der Waals surface area contributed by atoms with Gasteiger partial charge in [-0.3, -0.25) is 0 Å². The summed E-state index contributed by atoms with van der Waals surface area (Å²) in [7, 11) is 1.52. The molecule has 8 heteroatoms. The summed E-state index contributed by atoms with van der Waals surface area (Å²) in [6, 6.07) is 5.23. The van der Waals surface area contributed by atoms with E-state index in [4.69, 9.17) is 9.15 Å². The third-order valence-electron chi connectivity index (χ3n) is 3.49. The number of guanidine groups is 1. The number of halogens is 1. The molecule has 138 valence electrons. The highest BCUT2D eigenvalue weighted by Gasteiger charge is 2.07. The Hall–Kier alpha value is -1.97. The van der Waals surface area contributed by atoms with Gasteiger partial charge < -0.3 is 24.9 Å². The van der Waals surface area contributed by atoms with Crippen LogP contribution in [0.1, 0.15) is 29.8 Å². The molecule has 1 aromatic heterocycles. The van der Waals surface area contributed by atoms with Gasteiger partial charge in [-0.05, 0) is 38.5 Å². The first-order chi connectivity index (χ1) is 11.5. The summed E-state index contributed by atoms with van der Waals surface area (Å²) >= 11 is 0. The maximum Gasteiger partial charge on any atom is 0.214 e. The molecule has 3 N–H and O–H groups in total. The molecule has 0 spiro atoms. The Kier molecular flexibility index (Phi) is 8.53. The van der Waals surface area contributed by atoms with Crippen molar-refractivity contribution in [3.8, 4) is 11.5 Å². The number of methoxy groups -OCH3 is 1. The molecule has 0 unspecified atom stereocenters. The van der Waals surface area contributed by atoms with E-state index in [-0.39, 0.29) is 29.7 Å². The number of phenolic OH excluding ortho intramolecular Hbond substituents is 1. The van der Waals surface area contributed by atoms with Gasteiger partial charge in [-0.15, -0.1) is 24.0 Å². The Bertz CT molecular complexity index is 696. The van der Waals surface area contributed by atoms with Crippen LogP contribution in [0.25, 0.3) is 0 Å². The average Bonchev–Trinajstić information content (AvgIpc) is 2.88. The predicted octanol–water partition coefficient (Wildman–Crippen LogP) is 2.88. The van der Waals surface area contributed by atoms with Crippen LogP contribution in [0, 0.1) is 13.8 Å². The molecular weight excluding hydrogens is 435 g/mol. The molecule has 0 radical (unpaired) electrons. The van der Waals surface area contributed by atoms with Gasteiger partial charge in [0.05, 0.1) is 25.9 Å². The van der Waals surface area contributed by atoms with Gasteiger partial charge >= 0.3 is 0 Å². The van der Waals surface area contributed by atoms with Crippen molar-refractivity contribution >= 4 is 29.9 Å². The summed E-state index contributed by atoms with van der Waals surface area (Å²) in [5.41, 5.74) is 1.77. The summed E-state index contributed by atoms with van der Waals surface area (Å²) < 4.78 is 10.6. The molecule has 0 aliphatic carbocycles. The summed E-state index contributed by atoms with van der Waals surface area (Å²) in [6.45, 7) is 7.42. The van der Waals surface area contributed by atoms with E-state index in [1.807, 2.05) is 26.8 Å². The number of phenols is 1. The lowest BCUT2D eigenvalue weighted by molar-refractivity contribution is 0.373. The summed E-state index contributed by atoms with van der Waals surface area (Å²) in [5, 5.41) is 16.2. The highest BCUT2D eigenvalue weighted by Crippen LogP contribution is 2.26. The second kappa shape index (κ2) is 10.1. The first kappa shape index (κ1) is 21.1. The van der Waals surface area contributed by atoms with Crippen molar-refractivity contribution in [2.45, 2.75) is 33.9 Å². The van der Waals surface area contributed by atoms with Crippen LogP contribution in [0.4, 0.5) is 0 Å². The second-order valence-corrected chi connectivity index (χ2v) is 5.30. The van der Waals surface area contributed by atoms with Crippen LogP contribution in [0.2, 0.25) is 0 Å². The van der Waals surface area contributed by atoms with Gasteiger partial charge in [0.15, 0.2) is 17.5 Å². The number of rotatable bonds is 6. The Balaban J connectivity index is 0.00000312. The molecule has 0 bridgehead atoms. The third-order valence-corrected chi connectivity index (χ3v) is 3.49. The van der Waals surface area contributed by atoms with Crippen LogP contribution in [0.15, 0.2) is 27.6 Å². The molecule has 25 heavy (non-hydrogen) atoms. The number of aliphatic imine (C=N–C) groups is 1. The van der Waals surface area contributed by atoms with Gasteiger partial charge in [0.25, 0.3) is 0 Å². The maximum atomic E-state index is 9.81. The lowest BCUT2D eigenvalue weighted by Gasteiger charge is -2.10. The van der Waals surface area contributed by atoms with Crippen LogP contribution in [-0.2, 0) is 13.1 Å². The lowest BCUT2D eigenvalue weighted by atomic mass is 10.2. The Morgan fingerprint density at radius 1 is 1.32 bits per heavy atom. The molecule has 0 aliphatic rings. The quantitative estimate of drug-likeness (QED) is 0.349. The number of ether oxygens (including phenoxy) is 1. The van der Waals surface area contributed by atoms with E-state index in [0.717, 1.165) is 23.6 Å². The molecule has 0 fully saturated rings. The number of oxazole rings is 1. The first-order valence-electron chi connectivity index (χ1n) is 7.84. The van der Waals surface area contributed by atoms with E-state index < -0.39 is 0 Å². The molecule has 2 rings (SSSR count). The molecule has 0 atom stereocenters. The molecule has 1 aromatic carbocycles. The third kappa shape index (κ3) is 6.11. The van der Waals surface area contributed by atoms with Crippen molar-refractivity contribution in [2.75, 3.05) is 13.7 Å². The Morgan fingerprint density at radius 3 is 2.64 bits per heavy atom. The standard InChI is InChI=1S/C17H24N4O3.HI/c1-5-18-17(20-10-16-21-11(2)12(3)24-16)19-9-13-6-7-15(23-4)14(22)8-13;/h6-8,22H,5,9-10H2,1-4H3,(H2,18,19,20);1H. The van der Waals surface area contributed by atoms with Gasteiger partial charge in [0.2, 0.25) is 5.89 Å². The van der Waals surface area contributed by atoms with E-state index >= 15 is 0 Å². The molecule has 0 amide bonds. The van der Waals surface area contributed by atoms with Gasteiger partial charge in [-0.25, -0.2) is 9.98 Å². The number of benzene rings is 1. The number of hydrogen-bond donors (Lipinski definition) is 3. The van der Waals surface area contributed by atoms with Gasteiger partial charge in [-0.2, -0.15) is 0 Å². The van der Waals surface area contributed by atoms with Crippen molar-refractivity contribution in [1.82, 2.24) is 15.6 Å². The van der Waals surface area contributed by atoms with E-state index in [2.05, 4.69) is 20.6 Å². The normalized spacial score (nSPS) is 11.0. The minimum absolute atomic E-state index is 0. The SMILES string of the molecule is CCNC(=NCc1ccc(OC)c(O)c1)NCc1nc(C)c(C)o1.I. The number of aromatic nitrogens is 1. The fourth-order valence-electron chi connectivity index (χ4n) is 2.12. The number of hydrogen-bond acceptors (Lipinski definition) is 5. The zero-order chi connectivity index (χ0) is 17.5. The smallest absolute Gasteiger partial charge is 0.214 e. The number of nitrogens with one attached hydrogen (secondary N) is 2. The van der Waals surface area contributed by atoms with Crippen LogP contribution in [0.3, 0.4) is 0 Å². The molecular formula is C17H25IN4O3. The van der Waals surface area contributed by atoms with Gasteiger partial charge in [-0.1, -0.05) is 6.07 Å². The zero-order valence-corrected chi connectivity index (χ0v) is 17.3. The topological polar surface area (TPSA) is 91.9 Å². The van der Waals surface area contributed by atoms with Crippen LogP contribution in [0.5, 0.6) is 11.5 Å². The van der Waals surface area contributed by atoms with Crippen LogP contribution < -0.4 is 15.4 Å².